The Kier molecular flexibility index (Phi) is 9.36. The van der Waals surface area contributed by atoms with Crippen molar-refractivity contribution in [3.8, 4) is 0 Å². The summed E-state index contributed by atoms with van der Waals surface area (Å²) < 4.78 is 1.25. The van der Waals surface area contributed by atoms with E-state index in [0.29, 0.717) is 5.71 Å². The smallest absolute Gasteiger partial charge is 0.0884 e. The van der Waals surface area contributed by atoms with Gasteiger partial charge in [0.25, 0.3) is 0 Å². The number of nitrogens with zero attached hydrogens (tertiary/aromatic N) is 1. The van der Waals surface area contributed by atoms with Gasteiger partial charge in [-0.1, -0.05) is 147 Å². The third-order valence-electron chi connectivity index (χ3n) is 7.25. The van der Waals surface area contributed by atoms with Gasteiger partial charge in [-0.2, -0.15) is 0 Å². The quantitative estimate of drug-likeness (QED) is 0.184. The molecule has 0 aliphatic rings. The van der Waals surface area contributed by atoms with E-state index in [4.69, 9.17) is 10.4 Å². The molecule has 1 aromatic heterocycles. The number of hydrogen-bond donors (Lipinski definition) is 1. The average Bonchev–Trinajstić information content (AvgIpc) is 3.40. The van der Waals surface area contributed by atoms with Crippen molar-refractivity contribution in [1.82, 2.24) is 0 Å². The third kappa shape index (κ3) is 7.03. The van der Waals surface area contributed by atoms with Crippen LogP contribution in [0.3, 0.4) is 0 Å². The van der Waals surface area contributed by atoms with Gasteiger partial charge in [-0.05, 0) is 58.7 Å². The molecule has 2 nitrogen and oxygen atoms in total. The van der Waals surface area contributed by atoms with Crippen LogP contribution in [-0.2, 0) is 0 Å². The van der Waals surface area contributed by atoms with Crippen molar-refractivity contribution in [2.24, 2.45) is 4.99 Å². The van der Waals surface area contributed by atoms with E-state index in [-0.39, 0.29) is 0 Å². The molecule has 0 saturated carbocycles. The first-order valence-electron chi connectivity index (χ1n) is 14.2. The minimum Gasteiger partial charge on any atom is -0.305 e. The molecule has 0 atom stereocenters. The van der Waals surface area contributed by atoms with Crippen LogP contribution in [0.15, 0.2) is 158 Å². The number of thiophene rings is 1. The molecule has 0 saturated heterocycles. The Labute approximate surface area is 258 Å². The van der Waals surface area contributed by atoms with Gasteiger partial charge in [0.1, 0.15) is 0 Å². The number of nitrogens with one attached hydrogen (secondary N) is 1. The summed E-state index contributed by atoms with van der Waals surface area (Å²) in [5.41, 5.74) is 9.85. The van der Waals surface area contributed by atoms with Gasteiger partial charge in [0.15, 0.2) is 0 Å². The Hall–Kier alpha value is -5.12. The Morgan fingerprint density at radius 3 is 1.56 bits per heavy atom. The summed E-state index contributed by atoms with van der Waals surface area (Å²) in [6, 6.07) is 47.1. The maximum absolute atomic E-state index is 7.87. The number of aryl methyl sites for hydroxylation is 1. The van der Waals surface area contributed by atoms with Gasteiger partial charge < -0.3 is 5.41 Å². The van der Waals surface area contributed by atoms with Gasteiger partial charge in [0, 0.05) is 16.0 Å². The van der Waals surface area contributed by atoms with E-state index in [1.165, 1.54) is 26.8 Å². The summed E-state index contributed by atoms with van der Waals surface area (Å²) in [4.78, 5) is 6.15. The van der Waals surface area contributed by atoms with Crippen molar-refractivity contribution >= 4 is 44.1 Å². The average molecular weight is 575 g/mol. The van der Waals surface area contributed by atoms with Gasteiger partial charge in [-0.15, -0.1) is 11.3 Å². The summed E-state index contributed by atoms with van der Waals surface area (Å²) in [6.07, 6.45) is 0. The Morgan fingerprint density at radius 1 is 0.581 bits per heavy atom. The molecular weight excluding hydrogens is 541 g/mol. The number of aliphatic imine (C=N–C) groups is 1. The fraction of sp³-hybridized carbons (Fsp3) is 0.0500. The second kappa shape index (κ2) is 13.7. The van der Waals surface area contributed by atoms with Crippen LogP contribution in [0, 0.1) is 12.3 Å². The summed E-state index contributed by atoms with van der Waals surface area (Å²) in [5, 5.41) is 9.13. The zero-order valence-electron chi connectivity index (χ0n) is 24.5. The van der Waals surface area contributed by atoms with E-state index in [2.05, 4.69) is 68.6 Å². The Morgan fingerprint density at radius 2 is 1.05 bits per heavy atom. The van der Waals surface area contributed by atoms with E-state index >= 15 is 0 Å². The van der Waals surface area contributed by atoms with E-state index in [9.17, 15) is 0 Å². The first-order valence-corrected chi connectivity index (χ1v) is 15.0. The van der Waals surface area contributed by atoms with Gasteiger partial charge in [-0.25, -0.2) is 4.99 Å². The van der Waals surface area contributed by atoms with Crippen LogP contribution in [-0.4, -0.2) is 11.4 Å². The standard InChI is InChI=1S/C26H22N2S.C14H12/c1-17-23-11-7-8-12-24(23)29-26(17)25(22-15-13-20(14-16-22)18(2)27)28-19(3)21-9-5-4-6-10-21;1-12(13-8-4-2-5-9-13)14-10-6-3-7-11-14/h4-16,27H,3H2,1-2H3;2-11H,1H2. The van der Waals surface area contributed by atoms with Gasteiger partial charge in [0.2, 0.25) is 0 Å². The zero-order valence-corrected chi connectivity index (χ0v) is 25.4. The fourth-order valence-corrected chi connectivity index (χ4v) is 6.02. The predicted octanol–water partition coefficient (Wildman–Crippen LogP) is 10.9. The number of hydrogen-bond acceptors (Lipinski definition) is 3. The molecule has 210 valence electrons. The highest BCUT2D eigenvalue weighted by atomic mass is 32.1. The molecule has 3 heteroatoms. The minimum atomic E-state index is 0.557. The summed E-state index contributed by atoms with van der Waals surface area (Å²) in [7, 11) is 0. The largest absolute Gasteiger partial charge is 0.305 e. The highest BCUT2D eigenvalue weighted by Gasteiger charge is 2.16. The van der Waals surface area contributed by atoms with Crippen LogP contribution in [0.1, 0.15) is 45.2 Å². The normalized spacial score (nSPS) is 11.0. The van der Waals surface area contributed by atoms with Crippen LogP contribution in [0.5, 0.6) is 0 Å². The van der Waals surface area contributed by atoms with Crippen LogP contribution in [0.4, 0.5) is 0 Å². The van der Waals surface area contributed by atoms with Crippen LogP contribution >= 0.6 is 11.3 Å². The lowest BCUT2D eigenvalue weighted by Crippen LogP contribution is -2.04. The maximum atomic E-state index is 7.87. The number of benzene rings is 5. The molecule has 0 amide bonds. The minimum absolute atomic E-state index is 0.557. The molecule has 1 N–H and O–H groups in total. The molecule has 6 rings (SSSR count). The van der Waals surface area contributed by atoms with E-state index in [1.54, 1.807) is 18.3 Å². The van der Waals surface area contributed by atoms with Crippen molar-refractivity contribution < 1.29 is 0 Å². The van der Waals surface area contributed by atoms with Gasteiger partial charge in [-0.3, -0.25) is 0 Å². The van der Waals surface area contributed by atoms with Crippen molar-refractivity contribution in [2.45, 2.75) is 13.8 Å². The topological polar surface area (TPSA) is 36.2 Å². The predicted molar refractivity (Wildman–Crippen MR) is 188 cm³/mol. The van der Waals surface area contributed by atoms with Crippen LogP contribution in [0.25, 0.3) is 21.4 Å². The molecule has 0 radical (unpaired) electrons. The number of fused-ring (bicyclic) bond motifs is 1. The second-order valence-corrected chi connectivity index (χ2v) is 11.3. The Balaban J connectivity index is 0.000000220. The molecule has 0 spiro atoms. The highest BCUT2D eigenvalue weighted by molar-refractivity contribution is 7.21. The summed E-state index contributed by atoms with van der Waals surface area (Å²) in [6.45, 7) is 12.3. The lowest BCUT2D eigenvalue weighted by Gasteiger charge is -2.10. The SMILES string of the molecule is C=C(N=C(c1ccc(C(C)=N)cc1)c1sc2ccccc2c1C)c1ccccc1.C=C(c1ccccc1)c1ccccc1. The molecule has 5 aromatic carbocycles. The van der Waals surface area contributed by atoms with E-state index < -0.39 is 0 Å². The first kappa shape index (κ1) is 29.4. The lowest BCUT2D eigenvalue weighted by molar-refractivity contribution is 1.44. The van der Waals surface area contributed by atoms with Gasteiger partial charge in [0.05, 0.1) is 16.3 Å². The molecule has 0 fully saturated rings. The fourth-order valence-electron chi connectivity index (χ4n) is 4.80. The van der Waals surface area contributed by atoms with Crippen molar-refractivity contribution in [3.63, 3.8) is 0 Å². The van der Waals surface area contributed by atoms with Crippen LogP contribution < -0.4 is 0 Å². The van der Waals surface area contributed by atoms with Gasteiger partial charge >= 0.3 is 0 Å². The molecular formula is C40H34N2S. The maximum Gasteiger partial charge on any atom is 0.0884 e. The molecule has 0 aliphatic heterocycles. The molecule has 1 heterocycles. The highest BCUT2D eigenvalue weighted by Crippen LogP contribution is 2.33. The number of rotatable bonds is 7. The van der Waals surface area contributed by atoms with E-state index in [1.807, 2.05) is 91.0 Å². The van der Waals surface area contributed by atoms with E-state index in [0.717, 1.165) is 38.5 Å². The zero-order chi connectivity index (χ0) is 30.2. The molecule has 0 aliphatic carbocycles. The van der Waals surface area contributed by atoms with Crippen LogP contribution in [0.2, 0.25) is 0 Å². The monoisotopic (exact) mass is 574 g/mol. The molecule has 43 heavy (non-hydrogen) atoms. The molecule has 6 aromatic rings. The van der Waals surface area contributed by atoms with Crippen molar-refractivity contribution in [3.05, 3.63) is 191 Å². The van der Waals surface area contributed by atoms with Crippen molar-refractivity contribution in [1.29, 1.82) is 5.41 Å². The lowest BCUT2D eigenvalue weighted by atomic mass is 10.0. The third-order valence-corrected chi connectivity index (χ3v) is 8.53. The molecule has 0 bridgehead atoms. The second-order valence-electron chi connectivity index (χ2n) is 10.2. The summed E-state index contributed by atoms with van der Waals surface area (Å²) >= 11 is 1.76. The summed E-state index contributed by atoms with van der Waals surface area (Å²) in [5.74, 6) is 0. The molecule has 0 unspecified atom stereocenters. The van der Waals surface area contributed by atoms with Crippen molar-refractivity contribution in [2.75, 3.05) is 0 Å². The first-order chi connectivity index (χ1) is 20.9. The Bertz CT molecular complexity index is 1860.